The maximum atomic E-state index is 13.9. The molecule has 2 amide bonds. The van der Waals surface area contributed by atoms with E-state index in [1.54, 1.807) is 0 Å². The molecule has 4 bridgehead atoms. The van der Waals surface area contributed by atoms with Crippen molar-refractivity contribution in [2.45, 2.75) is 51.4 Å². The highest BCUT2D eigenvalue weighted by molar-refractivity contribution is 5.97. The van der Waals surface area contributed by atoms with Crippen LogP contribution in [0.25, 0.3) is 0 Å². The molecule has 3 aliphatic heterocycles. The van der Waals surface area contributed by atoms with Crippen LogP contribution in [0.15, 0.2) is 54.6 Å². The standard InChI is InChI=1S/C29H38N4O2/c1-19(2)14-24-25-15-22-18-33(17-21-10-12-23(13-11-21)32(3)4)26(24)29(22,31-27(25)34)28(35)30-16-20-8-6-5-7-9-20/h5-13,19,22,24-26H,14-18H2,1-4H3,(H,30,35)(H,31,34). The molecule has 5 atom stereocenters. The van der Waals surface area contributed by atoms with Crippen molar-refractivity contribution in [3.05, 3.63) is 65.7 Å². The maximum absolute atomic E-state index is 13.9. The van der Waals surface area contributed by atoms with Gasteiger partial charge in [-0.05, 0) is 47.9 Å². The lowest BCUT2D eigenvalue weighted by molar-refractivity contribution is -0.155. The number of nitrogens with one attached hydrogen (secondary N) is 2. The number of likely N-dealkylation sites (tertiary alicyclic amines) is 1. The number of carbonyl (C=O) groups is 2. The second-order valence-electron chi connectivity index (χ2n) is 11.3. The first kappa shape index (κ1) is 23.9. The van der Waals surface area contributed by atoms with Gasteiger partial charge in [0.2, 0.25) is 11.8 Å². The molecule has 186 valence electrons. The minimum atomic E-state index is -0.857. The number of fused-ring (bicyclic) bond motifs is 1. The zero-order valence-corrected chi connectivity index (χ0v) is 21.3. The summed E-state index contributed by atoms with van der Waals surface area (Å²) >= 11 is 0. The van der Waals surface area contributed by atoms with Crippen molar-refractivity contribution in [1.82, 2.24) is 15.5 Å². The Kier molecular flexibility index (Phi) is 6.34. The fraction of sp³-hybridized carbons (Fsp3) is 0.517. The van der Waals surface area contributed by atoms with Crippen LogP contribution in [-0.2, 0) is 22.7 Å². The van der Waals surface area contributed by atoms with Crippen LogP contribution in [0.1, 0.15) is 37.8 Å². The van der Waals surface area contributed by atoms with Crippen LogP contribution >= 0.6 is 0 Å². The number of carbonyl (C=O) groups excluding carboxylic acids is 2. The summed E-state index contributed by atoms with van der Waals surface area (Å²) in [4.78, 5) is 31.7. The fourth-order valence-electron chi connectivity index (χ4n) is 6.85. The lowest BCUT2D eigenvalue weighted by atomic mass is 9.57. The summed E-state index contributed by atoms with van der Waals surface area (Å²) < 4.78 is 0. The lowest BCUT2D eigenvalue weighted by Gasteiger charge is -2.55. The second-order valence-corrected chi connectivity index (χ2v) is 11.3. The summed E-state index contributed by atoms with van der Waals surface area (Å²) in [6.45, 7) is 6.54. The predicted molar refractivity (Wildman–Crippen MR) is 139 cm³/mol. The highest BCUT2D eigenvalue weighted by Crippen LogP contribution is 2.54. The Bertz CT molecular complexity index is 1070. The van der Waals surface area contributed by atoms with Gasteiger partial charge in [-0.2, -0.15) is 0 Å². The van der Waals surface area contributed by atoms with E-state index in [1.807, 2.05) is 44.4 Å². The van der Waals surface area contributed by atoms with Gasteiger partial charge in [0.1, 0.15) is 5.54 Å². The van der Waals surface area contributed by atoms with Crippen molar-refractivity contribution in [3.8, 4) is 0 Å². The monoisotopic (exact) mass is 474 g/mol. The van der Waals surface area contributed by atoms with E-state index < -0.39 is 5.54 Å². The van der Waals surface area contributed by atoms with Crippen molar-refractivity contribution in [3.63, 3.8) is 0 Å². The van der Waals surface area contributed by atoms with Crippen molar-refractivity contribution in [1.29, 1.82) is 0 Å². The largest absolute Gasteiger partial charge is 0.378 e. The smallest absolute Gasteiger partial charge is 0.248 e. The Labute approximate surface area is 209 Å². The maximum Gasteiger partial charge on any atom is 0.248 e. The van der Waals surface area contributed by atoms with Gasteiger partial charge in [0.05, 0.1) is 0 Å². The zero-order valence-electron chi connectivity index (χ0n) is 21.3. The second kappa shape index (κ2) is 9.30. The molecule has 0 spiro atoms. The van der Waals surface area contributed by atoms with Crippen LogP contribution in [0.2, 0.25) is 0 Å². The quantitative estimate of drug-likeness (QED) is 0.615. The number of hydrogen-bond acceptors (Lipinski definition) is 4. The first-order valence-corrected chi connectivity index (χ1v) is 12.9. The SMILES string of the molecule is CC(C)CC1C2CC3CN(Cc4ccc(N(C)C)cc4)C1C3(C(=O)NCc1ccccc1)NC2=O. The molecule has 4 fully saturated rings. The molecule has 0 radical (unpaired) electrons. The molecule has 6 heteroatoms. The van der Waals surface area contributed by atoms with Gasteiger partial charge in [-0.3, -0.25) is 14.5 Å². The van der Waals surface area contributed by atoms with Gasteiger partial charge in [0.25, 0.3) is 0 Å². The molecule has 1 saturated carbocycles. The highest BCUT2D eigenvalue weighted by atomic mass is 16.2. The first-order valence-electron chi connectivity index (χ1n) is 12.9. The lowest BCUT2D eigenvalue weighted by Crippen LogP contribution is -2.77. The van der Waals surface area contributed by atoms with Gasteiger partial charge in [0.15, 0.2) is 0 Å². The molecule has 5 unspecified atom stereocenters. The van der Waals surface area contributed by atoms with Crippen molar-refractivity contribution < 1.29 is 9.59 Å². The first-order chi connectivity index (χ1) is 16.8. The Hall–Kier alpha value is -2.86. The summed E-state index contributed by atoms with van der Waals surface area (Å²) in [6, 6.07) is 18.7. The van der Waals surface area contributed by atoms with Crippen LogP contribution in [0.3, 0.4) is 0 Å². The Morgan fingerprint density at radius 2 is 1.83 bits per heavy atom. The van der Waals surface area contributed by atoms with Crippen molar-refractivity contribution >= 4 is 17.5 Å². The van der Waals surface area contributed by atoms with E-state index in [0.717, 1.165) is 31.5 Å². The minimum absolute atomic E-state index is 0.00249. The van der Waals surface area contributed by atoms with E-state index in [0.29, 0.717) is 12.5 Å². The van der Waals surface area contributed by atoms with Gasteiger partial charge in [0, 0.05) is 57.3 Å². The van der Waals surface area contributed by atoms with Gasteiger partial charge in [-0.25, -0.2) is 0 Å². The average molecular weight is 475 g/mol. The molecule has 0 aromatic heterocycles. The van der Waals surface area contributed by atoms with Crippen LogP contribution in [0, 0.1) is 23.7 Å². The normalized spacial score (nSPS) is 29.3. The molecule has 3 saturated heterocycles. The van der Waals surface area contributed by atoms with Gasteiger partial charge in [-0.15, -0.1) is 0 Å². The third-order valence-corrected chi connectivity index (χ3v) is 8.34. The van der Waals surface area contributed by atoms with E-state index in [-0.39, 0.29) is 35.6 Å². The number of piperidine rings is 2. The van der Waals surface area contributed by atoms with Gasteiger partial charge >= 0.3 is 0 Å². The van der Waals surface area contributed by atoms with E-state index in [9.17, 15) is 9.59 Å². The highest BCUT2D eigenvalue weighted by Gasteiger charge is 2.70. The summed E-state index contributed by atoms with van der Waals surface area (Å²) in [5.41, 5.74) is 2.63. The van der Waals surface area contributed by atoms with E-state index in [2.05, 4.69) is 58.5 Å². The van der Waals surface area contributed by atoms with Crippen LogP contribution in [0.5, 0.6) is 0 Å². The van der Waals surface area contributed by atoms with E-state index in [4.69, 9.17) is 0 Å². The molecule has 1 aliphatic carbocycles. The number of benzene rings is 2. The minimum Gasteiger partial charge on any atom is -0.378 e. The topological polar surface area (TPSA) is 64.7 Å². The van der Waals surface area contributed by atoms with Gasteiger partial charge in [-0.1, -0.05) is 56.3 Å². The Morgan fingerprint density at radius 3 is 2.49 bits per heavy atom. The van der Waals surface area contributed by atoms with Crippen LogP contribution in [0.4, 0.5) is 5.69 Å². The molecule has 4 aliphatic rings. The van der Waals surface area contributed by atoms with Crippen LogP contribution < -0.4 is 15.5 Å². The summed E-state index contributed by atoms with van der Waals surface area (Å²) in [6.07, 6.45) is 1.76. The molecular weight excluding hydrogens is 436 g/mol. The molecule has 2 N–H and O–H groups in total. The average Bonchev–Trinajstić information content (AvgIpc) is 3.06. The molecule has 2 aromatic carbocycles. The number of nitrogens with zero attached hydrogens (tertiary/aromatic N) is 2. The van der Waals surface area contributed by atoms with Crippen molar-refractivity contribution in [2.75, 3.05) is 25.5 Å². The molecule has 3 heterocycles. The molecule has 6 nitrogen and oxygen atoms in total. The van der Waals surface area contributed by atoms with E-state index >= 15 is 0 Å². The van der Waals surface area contributed by atoms with Gasteiger partial charge < -0.3 is 15.5 Å². The van der Waals surface area contributed by atoms with Crippen molar-refractivity contribution in [2.24, 2.45) is 23.7 Å². The third kappa shape index (κ3) is 4.22. The number of rotatable bonds is 8. The molecular formula is C29H38N4O2. The predicted octanol–water partition coefficient (Wildman–Crippen LogP) is 3.42. The number of hydrogen-bond donors (Lipinski definition) is 2. The number of anilines is 1. The molecule has 35 heavy (non-hydrogen) atoms. The summed E-state index contributed by atoms with van der Waals surface area (Å²) in [5.74, 6) is 0.827. The summed E-state index contributed by atoms with van der Waals surface area (Å²) in [5, 5.41) is 6.47. The third-order valence-electron chi connectivity index (χ3n) is 8.34. The fourth-order valence-corrected chi connectivity index (χ4v) is 6.85. The summed E-state index contributed by atoms with van der Waals surface area (Å²) in [7, 11) is 4.10. The number of amides is 2. The Morgan fingerprint density at radius 1 is 1.11 bits per heavy atom. The molecule has 6 rings (SSSR count). The Balaban J connectivity index is 1.45. The van der Waals surface area contributed by atoms with Crippen LogP contribution in [-0.4, -0.2) is 48.9 Å². The van der Waals surface area contributed by atoms with E-state index in [1.165, 1.54) is 11.3 Å². The molecule has 2 aromatic rings. The zero-order chi connectivity index (χ0) is 24.7.